The third-order valence-corrected chi connectivity index (χ3v) is 2.75. The summed E-state index contributed by atoms with van der Waals surface area (Å²) in [5.41, 5.74) is 2.26. The molecule has 2 rings (SSSR count). The lowest BCUT2D eigenvalue weighted by Gasteiger charge is -2.07. The Morgan fingerprint density at radius 3 is 2.50 bits per heavy atom. The summed E-state index contributed by atoms with van der Waals surface area (Å²) in [7, 11) is 0. The molecular formula is C16H13NO3. The molecule has 0 fully saturated rings. The topological polar surface area (TPSA) is 70.3 Å². The zero-order chi connectivity index (χ0) is 14.4. The molecule has 0 aliphatic carbocycles. The first-order chi connectivity index (χ1) is 9.67. The summed E-state index contributed by atoms with van der Waals surface area (Å²) in [4.78, 5) is 10.6. The van der Waals surface area contributed by atoms with Gasteiger partial charge in [0, 0.05) is 0 Å². The van der Waals surface area contributed by atoms with Crippen LogP contribution < -0.4 is 4.74 Å². The second-order valence-electron chi connectivity index (χ2n) is 4.32. The molecule has 0 unspecified atom stereocenters. The number of hydrogen-bond acceptors (Lipinski definition) is 3. The van der Waals surface area contributed by atoms with E-state index in [-0.39, 0.29) is 6.42 Å². The summed E-state index contributed by atoms with van der Waals surface area (Å²) in [5.74, 6) is -0.207. The average Bonchev–Trinajstić information content (AvgIpc) is 2.46. The van der Waals surface area contributed by atoms with E-state index in [0.717, 1.165) is 11.1 Å². The first-order valence-corrected chi connectivity index (χ1v) is 6.10. The predicted molar refractivity (Wildman–Crippen MR) is 73.3 cm³/mol. The number of benzene rings is 2. The van der Waals surface area contributed by atoms with Crippen LogP contribution in [0.15, 0.2) is 48.5 Å². The highest BCUT2D eigenvalue weighted by Gasteiger charge is 2.01. The summed E-state index contributed by atoms with van der Waals surface area (Å²) in [6, 6.07) is 16.2. The van der Waals surface area contributed by atoms with E-state index < -0.39 is 5.97 Å². The van der Waals surface area contributed by atoms with Gasteiger partial charge in [-0.05, 0) is 29.3 Å². The molecule has 0 saturated heterocycles. The minimum absolute atomic E-state index is 0.0192. The fourth-order valence-corrected chi connectivity index (χ4v) is 1.75. The van der Waals surface area contributed by atoms with Crippen molar-refractivity contribution in [2.24, 2.45) is 0 Å². The van der Waals surface area contributed by atoms with E-state index in [1.54, 1.807) is 36.4 Å². The number of rotatable bonds is 5. The van der Waals surface area contributed by atoms with Gasteiger partial charge in [-0.3, -0.25) is 4.79 Å². The quantitative estimate of drug-likeness (QED) is 0.904. The molecule has 0 aromatic heterocycles. The second kappa shape index (κ2) is 6.39. The lowest BCUT2D eigenvalue weighted by atomic mass is 10.1. The summed E-state index contributed by atoms with van der Waals surface area (Å²) >= 11 is 0. The van der Waals surface area contributed by atoms with Gasteiger partial charge < -0.3 is 9.84 Å². The molecule has 0 amide bonds. The van der Waals surface area contributed by atoms with E-state index in [0.29, 0.717) is 17.9 Å². The smallest absolute Gasteiger partial charge is 0.307 e. The van der Waals surface area contributed by atoms with Crippen molar-refractivity contribution in [2.75, 3.05) is 0 Å². The minimum atomic E-state index is -0.845. The van der Waals surface area contributed by atoms with E-state index >= 15 is 0 Å². The van der Waals surface area contributed by atoms with E-state index in [1.807, 2.05) is 12.1 Å². The molecule has 4 heteroatoms. The molecule has 0 radical (unpaired) electrons. The van der Waals surface area contributed by atoms with Crippen LogP contribution in [0.3, 0.4) is 0 Å². The Kier molecular flexibility index (Phi) is 4.35. The molecule has 0 atom stereocenters. The molecule has 0 aliphatic rings. The van der Waals surface area contributed by atoms with Crippen molar-refractivity contribution in [3.05, 3.63) is 65.2 Å². The summed E-state index contributed by atoms with van der Waals surface area (Å²) in [5, 5.41) is 17.5. The van der Waals surface area contributed by atoms with Crippen LogP contribution in [0.4, 0.5) is 0 Å². The lowest BCUT2D eigenvalue weighted by molar-refractivity contribution is -0.136. The van der Waals surface area contributed by atoms with E-state index in [4.69, 9.17) is 15.1 Å². The molecule has 2 aromatic rings. The predicted octanol–water partition coefficient (Wildman–Crippen LogP) is 2.76. The first kappa shape index (κ1) is 13.6. The highest BCUT2D eigenvalue weighted by atomic mass is 16.5. The Morgan fingerprint density at radius 2 is 1.85 bits per heavy atom. The number of hydrogen-bond donors (Lipinski definition) is 1. The highest BCUT2D eigenvalue weighted by molar-refractivity contribution is 5.70. The van der Waals surface area contributed by atoms with Crippen molar-refractivity contribution in [1.82, 2.24) is 0 Å². The van der Waals surface area contributed by atoms with Crippen LogP contribution in [0.2, 0.25) is 0 Å². The SMILES string of the molecule is N#Cc1cccc(OCc2ccc(CC(=O)O)cc2)c1. The number of carbonyl (C=O) groups is 1. The third kappa shape index (κ3) is 3.85. The van der Waals surface area contributed by atoms with Crippen molar-refractivity contribution in [2.45, 2.75) is 13.0 Å². The maximum Gasteiger partial charge on any atom is 0.307 e. The third-order valence-electron chi connectivity index (χ3n) is 2.75. The van der Waals surface area contributed by atoms with Crippen LogP contribution in [0.25, 0.3) is 0 Å². The first-order valence-electron chi connectivity index (χ1n) is 6.10. The van der Waals surface area contributed by atoms with E-state index in [1.165, 1.54) is 0 Å². The molecular weight excluding hydrogens is 254 g/mol. The second-order valence-corrected chi connectivity index (χ2v) is 4.32. The molecule has 4 nitrogen and oxygen atoms in total. The fourth-order valence-electron chi connectivity index (χ4n) is 1.75. The zero-order valence-corrected chi connectivity index (χ0v) is 10.7. The van der Waals surface area contributed by atoms with Crippen LogP contribution in [0, 0.1) is 11.3 Å². The van der Waals surface area contributed by atoms with Crippen molar-refractivity contribution in [1.29, 1.82) is 5.26 Å². The van der Waals surface area contributed by atoms with Crippen molar-refractivity contribution in [3.63, 3.8) is 0 Å². The largest absolute Gasteiger partial charge is 0.489 e. The Hall–Kier alpha value is -2.80. The van der Waals surface area contributed by atoms with Gasteiger partial charge in [-0.25, -0.2) is 0 Å². The van der Waals surface area contributed by atoms with Gasteiger partial charge in [-0.15, -0.1) is 0 Å². The van der Waals surface area contributed by atoms with Gasteiger partial charge in [-0.1, -0.05) is 30.3 Å². The number of carboxylic acid groups (broad SMARTS) is 1. The van der Waals surface area contributed by atoms with Gasteiger partial charge >= 0.3 is 5.97 Å². The van der Waals surface area contributed by atoms with E-state index in [9.17, 15) is 4.79 Å². The highest BCUT2D eigenvalue weighted by Crippen LogP contribution is 2.15. The molecule has 0 bridgehead atoms. The van der Waals surface area contributed by atoms with Crippen LogP contribution >= 0.6 is 0 Å². The summed E-state index contributed by atoms with van der Waals surface area (Å²) in [6.45, 7) is 0.377. The zero-order valence-electron chi connectivity index (χ0n) is 10.7. The Balaban J connectivity index is 1.97. The standard InChI is InChI=1S/C16H13NO3/c17-10-14-2-1-3-15(8-14)20-11-13-6-4-12(5-7-13)9-16(18)19/h1-8H,9,11H2,(H,18,19). The Labute approximate surface area is 116 Å². The lowest BCUT2D eigenvalue weighted by Crippen LogP contribution is -2.00. The van der Waals surface area contributed by atoms with Crippen LogP contribution in [0.1, 0.15) is 16.7 Å². The van der Waals surface area contributed by atoms with Gasteiger partial charge in [0.05, 0.1) is 18.1 Å². The molecule has 1 N–H and O–H groups in total. The molecule has 100 valence electrons. The number of nitriles is 1. The summed E-state index contributed by atoms with van der Waals surface area (Å²) in [6.07, 6.45) is 0.0192. The minimum Gasteiger partial charge on any atom is -0.489 e. The molecule has 2 aromatic carbocycles. The maximum absolute atomic E-state index is 10.6. The van der Waals surface area contributed by atoms with Crippen molar-refractivity contribution >= 4 is 5.97 Å². The maximum atomic E-state index is 10.6. The number of aliphatic carboxylic acids is 1. The van der Waals surface area contributed by atoms with Gasteiger partial charge in [0.1, 0.15) is 12.4 Å². The number of nitrogens with zero attached hydrogens (tertiary/aromatic N) is 1. The molecule has 0 heterocycles. The Morgan fingerprint density at radius 1 is 1.15 bits per heavy atom. The van der Waals surface area contributed by atoms with Gasteiger partial charge in [-0.2, -0.15) is 5.26 Å². The monoisotopic (exact) mass is 267 g/mol. The van der Waals surface area contributed by atoms with Gasteiger partial charge in [0.25, 0.3) is 0 Å². The molecule has 20 heavy (non-hydrogen) atoms. The molecule has 0 spiro atoms. The summed E-state index contributed by atoms with van der Waals surface area (Å²) < 4.78 is 5.59. The average molecular weight is 267 g/mol. The van der Waals surface area contributed by atoms with Crippen LogP contribution in [-0.4, -0.2) is 11.1 Å². The van der Waals surface area contributed by atoms with Crippen molar-refractivity contribution in [3.8, 4) is 11.8 Å². The van der Waals surface area contributed by atoms with Gasteiger partial charge in [0.2, 0.25) is 0 Å². The van der Waals surface area contributed by atoms with Crippen LogP contribution in [-0.2, 0) is 17.8 Å². The molecule has 0 saturated carbocycles. The normalized spacial score (nSPS) is 9.75. The number of ether oxygens (including phenoxy) is 1. The number of carboxylic acids is 1. The van der Waals surface area contributed by atoms with E-state index in [2.05, 4.69) is 6.07 Å². The van der Waals surface area contributed by atoms with Crippen LogP contribution in [0.5, 0.6) is 5.75 Å². The van der Waals surface area contributed by atoms with Gasteiger partial charge in [0.15, 0.2) is 0 Å². The Bertz CT molecular complexity index is 642. The van der Waals surface area contributed by atoms with Crippen molar-refractivity contribution < 1.29 is 14.6 Å². The molecule has 0 aliphatic heterocycles. The fraction of sp³-hybridized carbons (Fsp3) is 0.125.